The van der Waals surface area contributed by atoms with Crippen molar-refractivity contribution < 1.29 is 13.2 Å². The van der Waals surface area contributed by atoms with E-state index in [1.807, 2.05) is 4.90 Å². The van der Waals surface area contributed by atoms with Crippen molar-refractivity contribution in [2.45, 2.75) is 12.8 Å². The standard InChI is InChI=1S/C16H23N3O3S/c1-23(21,22)18-15-5-3-2-4-14(15)16(20)19-8-6-12-10-17-11-13(12)7-9-19/h2-5,12-13,17-18H,6-11H2,1H3/t12-,13+. The molecule has 3 rings (SSSR count). The van der Waals surface area contributed by atoms with Crippen LogP contribution in [0.25, 0.3) is 0 Å². The molecule has 126 valence electrons. The Balaban J connectivity index is 1.78. The molecule has 2 atom stereocenters. The molecule has 7 heteroatoms. The molecule has 2 aliphatic rings. The van der Waals surface area contributed by atoms with Crippen LogP contribution in [0.3, 0.4) is 0 Å². The molecule has 1 aromatic rings. The van der Waals surface area contributed by atoms with Gasteiger partial charge in [0.2, 0.25) is 10.0 Å². The van der Waals surface area contributed by atoms with Crippen molar-refractivity contribution in [2.24, 2.45) is 11.8 Å². The normalized spacial score (nSPS) is 24.8. The van der Waals surface area contributed by atoms with E-state index in [1.54, 1.807) is 24.3 Å². The third-order valence-corrected chi connectivity index (χ3v) is 5.35. The second kappa shape index (κ2) is 6.49. The van der Waals surface area contributed by atoms with Gasteiger partial charge in [0, 0.05) is 13.1 Å². The number of amides is 1. The number of likely N-dealkylation sites (tertiary alicyclic amines) is 1. The summed E-state index contributed by atoms with van der Waals surface area (Å²) >= 11 is 0. The zero-order valence-electron chi connectivity index (χ0n) is 13.3. The van der Waals surface area contributed by atoms with Gasteiger partial charge in [-0.05, 0) is 49.9 Å². The fraction of sp³-hybridized carbons (Fsp3) is 0.562. The topological polar surface area (TPSA) is 78.5 Å². The van der Waals surface area contributed by atoms with Crippen molar-refractivity contribution >= 4 is 21.6 Å². The van der Waals surface area contributed by atoms with Gasteiger partial charge in [-0.2, -0.15) is 0 Å². The largest absolute Gasteiger partial charge is 0.339 e. The van der Waals surface area contributed by atoms with Gasteiger partial charge in [0.05, 0.1) is 17.5 Å². The highest BCUT2D eigenvalue weighted by Gasteiger charge is 2.32. The lowest BCUT2D eigenvalue weighted by Crippen LogP contribution is -2.33. The van der Waals surface area contributed by atoms with E-state index in [-0.39, 0.29) is 5.91 Å². The van der Waals surface area contributed by atoms with Gasteiger partial charge < -0.3 is 10.2 Å². The summed E-state index contributed by atoms with van der Waals surface area (Å²) < 4.78 is 25.4. The van der Waals surface area contributed by atoms with Crippen molar-refractivity contribution in [1.29, 1.82) is 0 Å². The van der Waals surface area contributed by atoms with Gasteiger partial charge >= 0.3 is 0 Å². The third-order valence-electron chi connectivity index (χ3n) is 4.76. The summed E-state index contributed by atoms with van der Waals surface area (Å²) in [4.78, 5) is 14.7. The Morgan fingerprint density at radius 2 is 1.78 bits per heavy atom. The molecule has 23 heavy (non-hydrogen) atoms. The summed E-state index contributed by atoms with van der Waals surface area (Å²) in [6.45, 7) is 3.54. The van der Waals surface area contributed by atoms with Crippen LogP contribution in [-0.4, -0.2) is 51.7 Å². The molecule has 1 amide bonds. The predicted octanol–water partition coefficient (Wildman–Crippen LogP) is 1.13. The number of fused-ring (bicyclic) bond motifs is 1. The summed E-state index contributed by atoms with van der Waals surface area (Å²) in [5.41, 5.74) is 0.772. The lowest BCUT2D eigenvalue weighted by molar-refractivity contribution is 0.0759. The van der Waals surface area contributed by atoms with E-state index in [0.29, 0.717) is 23.1 Å². The number of nitrogens with zero attached hydrogens (tertiary/aromatic N) is 1. The van der Waals surface area contributed by atoms with Crippen LogP contribution >= 0.6 is 0 Å². The third kappa shape index (κ3) is 3.84. The number of anilines is 1. The number of carbonyl (C=O) groups excluding carboxylic acids is 1. The van der Waals surface area contributed by atoms with Crippen molar-refractivity contribution in [3.63, 3.8) is 0 Å². The summed E-state index contributed by atoms with van der Waals surface area (Å²) in [6, 6.07) is 6.80. The van der Waals surface area contributed by atoms with Gasteiger partial charge in [-0.15, -0.1) is 0 Å². The Bertz CT molecular complexity index is 676. The average Bonchev–Trinajstić information content (AvgIpc) is 2.84. The molecule has 0 aliphatic carbocycles. The number of rotatable bonds is 3. The first kappa shape index (κ1) is 16.3. The number of para-hydroxylation sites is 1. The van der Waals surface area contributed by atoms with E-state index in [1.165, 1.54) is 0 Å². The number of benzene rings is 1. The molecule has 2 fully saturated rings. The van der Waals surface area contributed by atoms with Crippen molar-refractivity contribution in [2.75, 3.05) is 37.2 Å². The molecule has 0 unspecified atom stereocenters. The molecule has 0 aromatic heterocycles. The number of nitrogens with one attached hydrogen (secondary N) is 2. The van der Waals surface area contributed by atoms with E-state index < -0.39 is 10.0 Å². The summed E-state index contributed by atoms with van der Waals surface area (Å²) in [5, 5.41) is 3.42. The second-order valence-corrected chi connectivity index (χ2v) is 8.22. The first-order chi connectivity index (χ1) is 10.9. The van der Waals surface area contributed by atoms with Gasteiger partial charge in [-0.3, -0.25) is 9.52 Å². The predicted molar refractivity (Wildman–Crippen MR) is 89.9 cm³/mol. The molecule has 2 N–H and O–H groups in total. The van der Waals surface area contributed by atoms with Crippen molar-refractivity contribution in [3.05, 3.63) is 29.8 Å². The minimum Gasteiger partial charge on any atom is -0.339 e. The van der Waals surface area contributed by atoms with Crippen molar-refractivity contribution in [1.82, 2.24) is 10.2 Å². The molecular weight excluding hydrogens is 314 g/mol. The van der Waals surface area contributed by atoms with Crippen LogP contribution in [0.1, 0.15) is 23.2 Å². The van der Waals surface area contributed by atoms with Crippen LogP contribution in [0.4, 0.5) is 5.69 Å². The summed E-state index contributed by atoms with van der Waals surface area (Å²) in [5.74, 6) is 1.21. The van der Waals surface area contributed by atoms with Crippen LogP contribution in [0.15, 0.2) is 24.3 Å². The van der Waals surface area contributed by atoms with Gasteiger partial charge in [0.25, 0.3) is 5.91 Å². The highest BCUT2D eigenvalue weighted by atomic mass is 32.2. The number of sulfonamides is 1. The lowest BCUT2D eigenvalue weighted by Gasteiger charge is -2.22. The zero-order chi connectivity index (χ0) is 16.4. The Kier molecular flexibility index (Phi) is 4.59. The molecule has 0 saturated carbocycles. The summed E-state index contributed by atoms with van der Waals surface area (Å²) in [7, 11) is -3.41. The molecule has 0 radical (unpaired) electrons. The molecule has 6 nitrogen and oxygen atoms in total. The lowest BCUT2D eigenvalue weighted by atomic mass is 9.92. The highest BCUT2D eigenvalue weighted by Crippen LogP contribution is 2.28. The van der Waals surface area contributed by atoms with Crippen LogP contribution < -0.4 is 10.0 Å². The van der Waals surface area contributed by atoms with Gasteiger partial charge in [0.15, 0.2) is 0 Å². The quantitative estimate of drug-likeness (QED) is 0.867. The fourth-order valence-corrected chi connectivity index (χ4v) is 4.13. The maximum absolute atomic E-state index is 12.9. The minimum atomic E-state index is -3.41. The molecule has 2 heterocycles. The van der Waals surface area contributed by atoms with E-state index in [2.05, 4.69) is 10.0 Å². The SMILES string of the molecule is CS(=O)(=O)Nc1ccccc1C(=O)N1CC[C@@H]2CNC[C@@H]2CC1. The maximum atomic E-state index is 12.9. The monoisotopic (exact) mass is 337 g/mol. The zero-order valence-corrected chi connectivity index (χ0v) is 14.1. The molecule has 2 aliphatic heterocycles. The first-order valence-corrected chi connectivity index (χ1v) is 9.90. The van der Waals surface area contributed by atoms with E-state index in [4.69, 9.17) is 0 Å². The van der Waals surface area contributed by atoms with Gasteiger partial charge in [-0.1, -0.05) is 12.1 Å². The first-order valence-electron chi connectivity index (χ1n) is 8.01. The van der Waals surface area contributed by atoms with Crippen molar-refractivity contribution in [3.8, 4) is 0 Å². The highest BCUT2D eigenvalue weighted by molar-refractivity contribution is 7.92. The van der Waals surface area contributed by atoms with E-state index >= 15 is 0 Å². The van der Waals surface area contributed by atoms with Crippen LogP contribution in [0, 0.1) is 11.8 Å². The minimum absolute atomic E-state index is 0.0929. The number of hydrogen-bond donors (Lipinski definition) is 2. The summed E-state index contributed by atoms with van der Waals surface area (Å²) in [6.07, 6.45) is 3.10. The van der Waals surface area contributed by atoms with E-state index in [0.717, 1.165) is 45.3 Å². The number of carbonyl (C=O) groups is 1. The maximum Gasteiger partial charge on any atom is 0.255 e. The second-order valence-electron chi connectivity index (χ2n) is 6.47. The Labute approximate surface area is 137 Å². The molecule has 1 aromatic carbocycles. The van der Waals surface area contributed by atoms with Crippen LogP contribution in [-0.2, 0) is 10.0 Å². The van der Waals surface area contributed by atoms with Crippen LogP contribution in [0.5, 0.6) is 0 Å². The van der Waals surface area contributed by atoms with E-state index in [9.17, 15) is 13.2 Å². The fourth-order valence-electron chi connectivity index (χ4n) is 3.55. The molecule has 0 bridgehead atoms. The van der Waals surface area contributed by atoms with Gasteiger partial charge in [-0.25, -0.2) is 8.42 Å². The molecule has 2 saturated heterocycles. The molecular formula is C16H23N3O3S. The Hall–Kier alpha value is -1.60. The Morgan fingerprint density at radius 1 is 1.17 bits per heavy atom. The number of hydrogen-bond acceptors (Lipinski definition) is 4. The molecule has 0 spiro atoms. The van der Waals surface area contributed by atoms with Crippen LogP contribution in [0.2, 0.25) is 0 Å². The average molecular weight is 337 g/mol. The van der Waals surface area contributed by atoms with Gasteiger partial charge in [0.1, 0.15) is 0 Å². The Morgan fingerprint density at radius 3 is 2.39 bits per heavy atom. The smallest absolute Gasteiger partial charge is 0.255 e.